The van der Waals surface area contributed by atoms with Crippen LogP contribution in [0.5, 0.6) is 0 Å². The van der Waals surface area contributed by atoms with E-state index in [1.807, 2.05) is 0 Å². The summed E-state index contributed by atoms with van der Waals surface area (Å²) in [6, 6.07) is 0.165. The zero-order chi connectivity index (χ0) is 14.7. The highest BCUT2D eigenvalue weighted by atomic mass is 16.3. The van der Waals surface area contributed by atoms with Crippen molar-refractivity contribution in [2.24, 2.45) is 11.8 Å². The van der Waals surface area contributed by atoms with Gasteiger partial charge >= 0.3 is 0 Å². The topological polar surface area (TPSA) is 127 Å². The van der Waals surface area contributed by atoms with Crippen LogP contribution < -0.4 is 16.6 Å². The number of nitrogens with zero attached hydrogens (tertiary/aromatic N) is 5. The molecule has 2 aromatic heterocycles. The van der Waals surface area contributed by atoms with Gasteiger partial charge in [0.2, 0.25) is 17.8 Å². The van der Waals surface area contributed by atoms with Crippen molar-refractivity contribution in [3.63, 3.8) is 0 Å². The predicted octanol–water partition coefficient (Wildman–Crippen LogP) is -0.0842. The number of nitrogens with one attached hydrogen (secondary N) is 2. The van der Waals surface area contributed by atoms with E-state index in [1.165, 1.54) is 0 Å². The number of hydrazine groups is 1. The predicted molar refractivity (Wildman–Crippen MR) is 76.6 cm³/mol. The fraction of sp³-hybridized carbons (Fsp3) is 0.500. The number of aliphatic hydroxyl groups excluding tert-OH is 1. The van der Waals surface area contributed by atoms with E-state index in [-0.39, 0.29) is 24.5 Å². The van der Waals surface area contributed by atoms with E-state index >= 15 is 0 Å². The summed E-state index contributed by atoms with van der Waals surface area (Å²) in [6.07, 6.45) is 8.07. The van der Waals surface area contributed by atoms with Gasteiger partial charge in [-0.05, 0) is 12.8 Å². The Morgan fingerprint density at radius 3 is 2.86 bits per heavy atom. The molecule has 0 bridgehead atoms. The van der Waals surface area contributed by atoms with E-state index in [4.69, 9.17) is 5.84 Å². The Morgan fingerprint density at radius 1 is 1.29 bits per heavy atom. The second-order valence-corrected chi connectivity index (χ2v) is 5.02. The fourth-order valence-electron chi connectivity index (χ4n) is 2.60. The minimum atomic E-state index is 0.165. The van der Waals surface area contributed by atoms with Gasteiger partial charge in [0, 0.05) is 31.0 Å². The number of hydrogen-bond acceptors (Lipinski definition) is 8. The van der Waals surface area contributed by atoms with Gasteiger partial charge in [-0.25, -0.2) is 10.8 Å². The highest BCUT2D eigenvalue weighted by Crippen LogP contribution is 2.27. The standard InChI is InChI=1S/C12H18N8O/c13-19-11-16-10(15-9-3-1-2-8(9)6-21)17-12(18-11)20-5-4-14-7-20/h4-5,7-9,21H,1-3,6,13H2,(H2,15,16,17,18,19). The van der Waals surface area contributed by atoms with Gasteiger partial charge in [0.1, 0.15) is 6.33 Å². The van der Waals surface area contributed by atoms with Gasteiger partial charge in [0.15, 0.2) is 0 Å². The summed E-state index contributed by atoms with van der Waals surface area (Å²) in [5, 5.41) is 12.6. The van der Waals surface area contributed by atoms with E-state index < -0.39 is 0 Å². The molecule has 0 amide bonds. The van der Waals surface area contributed by atoms with Crippen LogP contribution in [-0.2, 0) is 0 Å². The van der Waals surface area contributed by atoms with Crippen LogP contribution in [0.15, 0.2) is 18.7 Å². The summed E-state index contributed by atoms with van der Waals surface area (Å²) in [6.45, 7) is 0.166. The molecule has 5 N–H and O–H groups in total. The van der Waals surface area contributed by atoms with Gasteiger partial charge < -0.3 is 10.4 Å². The summed E-state index contributed by atoms with van der Waals surface area (Å²) in [5.74, 6) is 6.77. The summed E-state index contributed by atoms with van der Waals surface area (Å²) in [7, 11) is 0. The second-order valence-electron chi connectivity index (χ2n) is 5.02. The van der Waals surface area contributed by atoms with E-state index in [2.05, 4.69) is 30.7 Å². The zero-order valence-corrected chi connectivity index (χ0v) is 11.5. The molecule has 9 heteroatoms. The third-order valence-corrected chi connectivity index (χ3v) is 3.70. The van der Waals surface area contributed by atoms with Crippen LogP contribution in [0.3, 0.4) is 0 Å². The molecule has 112 valence electrons. The Bertz CT molecular complexity index is 587. The van der Waals surface area contributed by atoms with E-state index in [9.17, 15) is 5.11 Å². The first-order valence-electron chi connectivity index (χ1n) is 6.88. The average Bonchev–Trinajstić information content (AvgIpc) is 3.18. The molecular weight excluding hydrogens is 272 g/mol. The van der Waals surface area contributed by atoms with Crippen LogP contribution >= 0.6 is 0 Å². The molecule has 0 aliphatic heterocycles. The Kier molecular flexibility index (Phi) is 3.93. The molecule has 1 fully saturated rings. The van der Waals surface area contributed by atoms with Crippen molar-refractivity contribution in [2.75, 3.05) is 17.3 Å². The van der Waals surface area contributed by atoms with Crippen molar-refractivity contribution in [2.45, 2.75) is 25.3 Å². The molecule has 2 heterocycles. The highest BCUT2D eigenvalue weighted by molar-refractivity contribution is 5.38. The lowest BCUT2D eigenvalue weighted by atomic mass is 10.1. The number of nitrogen functional groups attached to an aromatic ring is 1. The molecule has 1 saturated carbocycles. The number of hydrogen-bond donors (Lipinski definition) is 4. The first-order chi connectivity index (χ1) is 10.3. The highest BCUT2D eigenvalue weighted by Gasteiger charge is 2.27. The Labute approximate surface area is 121 Å². The van der Waals surface area contributed by atoms with Crippen LogP contribution in [-0.4, -0.2) is 42.3 Å². The smallest absolute Gasteiger partial charge is 0.243 e. The average molecular weight is 290 g/mol. The summed E-state index contributed by atoms with van der Waals surface area (Å²) < 4.78 is 1.67. The molecule has 2 aromatic rings. The molecule has 0 saturated heterocycles. The van der Waals surface area contributed by atoms with Crippen molar-refractivity contribution in [3.8, 4) is 5.95 Å². The largest absolute Gasteiger partial charge is 0.396 e. The molecule has 2 unspecified atom stereocenters. The van der Waals surface area contributed by atoms with Gasteiger partial charge in [-0.15, -0.1) is 0 Å². The number of imidazole rings is 1. The van der Waals surface area contributed by atoms with E-state index in [0.29, 0.717) is 11.9 Å². The minimum absolute atomic E-state index is 0.165. The van der Waals surface area contributed by atoms with Gasteiger partial charge in [0.05, 0.1) is 0 Å². The number of nitrogens with two attached hydrogens (primary N) is 1. The molecule has 2 atom stereocenters. The molecule has 0 spiro atoms. The van der Waals surface area contributed by atoms with Crippen molar-refractivity contribution >= 4 is 11.9 Å². The second kappa shape index (κ2) is 6.02. The van der Waals surface area contributed by atoms with Gasteiger partial charge in [-0.3, -0.25) is 9.99 Å². The maximum atomic E-state index is 9.38. The number of anilines is 2. The molecular formula is C12H18N8O. The normalized spacial score (nSPS) is 21.4. The Morgan fingerprint density at radius 2 is 2.14 bits per heavy atom. The third kappa shape index (κ3) is 2.93. The quantitative estimate of drug-likeness (QED) is 0.444. The van der Waals surface area contributed by atoms with E-state index in [1.54, 1.807) is 23.3 Å². The first-order valence-corrected chi connectivity index (χ1v) is 6.88. The van der Waals surface area contributed by atoms with E-state index in [0.717, 1.165) is 19.3 Å². The first kappa shape index (κ1) is 13.7. The molecule has 1 aliphatic rings. The van der Waals surface area contributed by atoms with Crippen molar-refractivity contribution in [1.29, 1.82) is 0 Å². The summed E-state index contributed by atoms with van der Waals surface area (Å²) in [4.78, 5) is 16.7. The zero-order valence-electron chi connectivity index (χ0n) is 11.5. The molecule has 21 heavy (non-hydrogen) atoms. The van der Waals surface area contributed by atoms with Crippen molar-refractivity contribution in [3.05, 3.63) is 18.7 Å². The van der Waals surface area contributed by atoms with Crippen LogP contribution in [0.25, 0.3) is 5.95 Å². The van der Waals surface area contributed by atoms with Crippen LogP contribution in [0, 0.1) is 5.92 Å². The maximum absolute atomic E-state index is 9.38. The number of aromatic nitrogens is 5. The monoisotopic (exact) mass is 290 g/mol. The maximum Gasteiger partial charge on any atom is 0.243 e. The van der Waals surface area contributed by atoms with Crippen LogP contribution in [0.4, 0.5) is 11.9 Å². The molecule has 3 rings (SSSR count). The lowest BCUT2D eigenvalue weighted by Gasteiger charge is -2.19. The minimum Gasteiger partial charge on any atom is -0.396 e. The number of aliphatic hydroxyl groups is 1. The Hall–Kier alpha value is -2.26. The SMILES string of the molecule is NNc1nc(NC2CCCC2CO)nc(-n2ccnc2)n1. The van der Waals surface area contributed by atoms with Gasteiger partial charge in [0.25, 0.3) is 0 Å². The molecule has 9 nitrogen and oxygen atoms in total. The lowest BCUT2D eigenvalue weighted by molar-refractivity contribution is 0.222. The third-order valence-electron chi connectivity index (χ3n) is 3.70. The number of rotatable bonds is 5. The molecule has 0 radical (unpaired) electrons. The summed E-state index contributed by atoms with van der Waals surface area (Å²) in [5.41, 5.74) is 2.43. The summed E-state index contributed by atoms with van der Waals surface area (Å²) >= 11 is 0. The fourth-order valence-corrected chi connectivity index (χ4v) is 2.60. The lowest BCUT2D eigenvalue weighted by Crippen LogP contribution is -2.28. The van der Waals surface area contributed by atoms with Gasteiger partial charge in [-0.2, -0.15) is 15.0 Å². The van der Waals surface area contributed by atoms with Gasteiger partial charge in [-0.1, -0.05) is 6.42 Å². The van der Waals surface area contributed by atoms with Crippen LogP contribution in [0.1, 0.15) is 19.3 Å². The van der Waals surface area contributed by atoms with Crippen molar-refractivity contribution in [1.82, 2.24) is 24.5 Å². The van der Waals surface area contributed by atoms with Crippen molar-refractivity contribution < 1.29 is 5.11 Å². The molecule has 1 aliphatic carbocycles. The van der Waals surface area contributed by atoms with Crippen LogP contribution in [0.2, 0.25) is 0 Å². The Balaban J connectivity index is 1.86. The molecule has 0 aromatic carbocycles.